The molecule has 0 fully saturated rings. The zero-order valence-corrected chi connectivity index (χ0v) is 18.8. The van der Waals surface area contributed by atoms with E-state index in [4.69, 9.17) is 0 Å². The van der Waals surface area contributed by atoms with E-state index in [9.17, 15) is 24.2 Å². The van der Waals surface area contributed by atoms with Crippen molar-refractivity contribution in [1.29, 1.82) is 0 Å². The van der Waals surface area contributed by atoms with Crippen LogP contribution < -0.4 is 5.32 Å². The maximum Gasteiger partial charge on any atom is 0.261 e. The Morgan fingerprint density at radius 2 is 2.00 bits per heavy atom. The van der Waals surface area contributed by atoms with E-state index >= 15 is 0 Å². The molecule has 10 heteroatoms. The molecule has 1 unspecified atom stereocenters. The summed E-state index contributed by atoms with van der Waals surface area (Å²) in [5.41, 5.74) is -0.752. The number of fused-ring (bicyclic) bond motifs is 2. The molecular weight excluding hydrogens is 429 g/mol. The van der Waals surface area contributed by atoms with Crippen LogP contribution in [0.3, 0.4) is 0 Å². The van der Waals surface area contributed by atoms with Gasteiger partial charge in [-0.2, -0.15) is 5.10 Å². The molecule has 2 amide bonds. The van der Waals surface area contributed by atoms with Gasteiger partial charge in [0.25, 0.3) is 11.8 Å². The van der Waals surface area contributed by atoms with Gasteiger partial charge >= 0.3 is 0 Å². The molecule has 1 aliphatic heterocycles. The van der Waals surface area contributed by atoms with E-state index in [1.54, 1.807) is 38.4 Å². The van der Waals surface area contributed by atoms with Crippen molar-refractivity contribution < 1.29 is 24.2 Å². The van der Waals surface area contributed by atoms with Crippen LogP contribution in [0.15, 0.2) is 36.8 Å². The number of aliphatic hydroxyl groups is 2. The van der Waals surface area contributed by atoms with Crippen LogP contribution in [0.1, 0.15) is 59.5 Å². The number of carbonyl (C=O) groups is 2. The lowest BCUT2D eigenvalue weighted by atomic mass is 9.92. The van der Waals surface area contributed by atoms with Gasteiger partial charge < -0.3 is 20.4 Å². The van der Waals surface area contributed by atoms with Crippen LogP contribution in [0.25, 0.3) is 5.65 Å². The molecule has 174 valence electrons. The van der Waals surface area contributed by atoms with E-state index in [1.807, 2.05) is 0 Å². The monoisotopic (exact) mass is 455 g/mol. The van der Waals surface area contributed by atoms with Crippen molar-refractivity contribution in [3.8, 4) is 0 Å². The summed E-state index contributed by atoms with van der Waals surface area (Å²) >= 11 is 0. The van der Waals surface area contributed by atoms with Crippen LogP contribution in [-0.2, 0) is 12.1 Å². The average Bonchev–Trinajstić information content (AvgIpc) is 3.27. The molecule has 3 N–H and O–H groups in total. The van der Waals surface area contributed by atoms with Gasteiger partial charge in [-0.15, -0.1) is 0 Å². The third-order valence-corrected chi connectivity index (χ3v) is 5.70. The van der Waals surface area contributed by atoms with Crippen molar-refractivity contribution in [2.24, 2.45) is 0 Å². The van der Waals surface area contributed by atoms with Crippen molar-refractivity contribution in [2.45, 2.75) is 51.6 Å². The molecule has 0 saturated heterocycles. The van der Waals surface area contributed by atoms with E-state index in [1.165, 1.54) is 35.5 Å². The largest absolute Gasteiger partial charge is 0.387 e. The quantitative estimate of drug-likeness (QED) is 0.525. The molecule has 0 saturated carbocycles. The van der Waals surface area contributed by atoms with Gasteiger partial charge in [0.1, 0.15) is 11.7 Å². The lowest BCUT2D eigenvalue weighted by molar-refractivity contribution is -0.0159. The van der Waals surface area contributed by atoms with Crippen LogP contribution in [-0.4, -0.2) is 59.8 Å². The van der Waals surface area contributed by atoms with Gasteiger partial charge in [0.05, 0.1) is 23.9 Å². The second kappa shape index (κ2) is 7.89. The van der Waals surface area contributed by atoms with Gasteiger partial charge in [-0.05, 0) is 51.5 Å². The molecule has 4 rings (SSSR count). The number of hydrogen-bond donors (Lipinski definition) is 3. The number of benzene rings is 1. The Bertz CT molecular complexity index is 1240. The molecule has 33 heavy (non-hydrogen) atoms. The Labute approximate surface area is 189 Å². The second-order valence-corrected chi connectivity index (χ2v) is 9.32. The molecule has 0 radical (unpaired) electrons. The standard InChI is InChI=1S/C23H26FN5O4/c1-22(2,32)16-9-14-13(11-28(21(14)31)12-18(24)23(3,4)33)8-17(16)27-20(30)15-10-26-29-7-5-6-25-19(15)29/h5-10,18,32-33H,11-12H2,1-4H3,(H,27,30). The molecule has 1 aliphatic rings. The highest BCUT2D eigenvalue weighted by molar-refractivity contribution is 6.09. The first-order valence-corrected chi connectivity index (χ1v) is 10.5. The Hall–Kier alpha value is -3.37. The van der Waals surface area contributed by atoms with E-state index in [2.05, 4.69) is 15.4 Å². The summed E-state index contributed by atoms with van der Waals surface area (Å²) in [4.78, 5) is 31.4. The van der Waals surface area contributed by atoms with Crippen LogP contribution in [0.4, 0.5) is 10.1 Å². The van der Waals surface area contributed by atoms with E-state index in [-0.39, 0.29) is 18.7 Å². The minimum Gasteiger partial charge on any atom is -0.387 e. The topological polar surface area (TPSA) is 120 Å². The van der Waals surface area contributed by atoms with Crippen LogP contribution in [0, 0.1) is 0 Å². The Balaban J connectivity index is 1.67. The molecule has 3 aromatic rings. The molecule has 3 heterocycles. The Morgan fingerprint density at radius 3 is 2.67 bits per heavy atom. The number of anilines is 1. The molecule has 0 aliphatic carbocycles. The zero-order valence-electron chi connectivity index (χ0n) is 18.8. The number of carbonyl (C=O) groups excluding carboxylic acids is 2. The molecule has 9 nitrogen and oxygen atoms in total. The van der Waals surface area contributed by atoms with Crippen LogP contribution >= 0.6 is 0 Å². The van der Waals surface area contributed by atoms with Gasteiger partial charge in [-0.3, -0.25) is 9.59 Å². The average molecular weight is 455 g/mol. The summed E-state index contributed by atoms with van der Waals surface area (Å²) in [5.74, 6) is -0.867. The van der Waals surface area contributed by atoms with Crippen LogP contribution in [0.5, 0.6) is 0 Å². The fraction of sp³-hybridized carbons (Fsp3) is 0.391. The summed E-state index contributed by atoms with van der Waals surface area (Å²) in [7, 11) is 0. The Kier molecular flexibility index (Phi) is 5.45. The molecule has 2 aromatic heterocycles. The second-order valence-electron chi connectivity index (χ2n) is 9.32. The number of halogens is 1. The van der Waals surface area contributed by atoms with Crippen molar-refractivity contribution >= 4 is 23.1 Å². The minimum atomic E-state index is -1.63. The molecule has 1 atom stereocenters. The van der Waals surface area contributed by atoms with E-state index in [0.29, 0.717) is 28.0 Å². The number of nitrogens with one attached hydrogen (secondary N) is 1. The predicted octanol–water partition coefficient (Wildman–Crippen LogP) is 2.27. The van der Waals surface area contributed by atoms with Gasteiger partial charge in [-0.25, -0.2) is 13.9 Å². The van der Waals surface area contributed by atoms with Gasteiger partial charge in [0.15, 0.2) is 5.65 Å². The maximum atomic E-state index is 14.4. The van der Waals surface area contributed by atoms with Gasteiger partial charge in [0.2, 0.25) is 0 Å². The summed E-state index contributed by atoms with van der Waals surface area (Å²) in [5, 5.41) is 27.5. The number of aromatic nitrogens is 3. The first-order valence-electron chi connectivity index (χ1n) is 10.5. The highest BCUT2D eigenvalue weighted by atomic mass is 19.1. The highest BCUT2D eigenvalue weighted by Crippen LogP contribution is 2.35. The summed E-state index contributed by atoms with van der Waals surface area (Å²) in [6.07, 6.45) is 2.99. The predicted molar refractivity (Wildman–Crippen MR) is 119 cm³/mol. The van der Waals surface area contributed by atoms with Crippen molar-refractivity contribution in [2.75, 3.05) is 11.9 Å². The third kappa shape index (κ3) is 4.31. The lowest BCUT2D eigenvalue weighted by Crippen LogP contribution is -2.42. The van der Waals surface area contributed by atoms with Crippen LogP contribution in [0.2, 0.25) is 0 Å². The molecule has 0 bridgehead atoms. The first-order chi connectivity index (χ1) is 15.4. The molecular formula is C23H26FN5O4. The first kappa shape index (κ1) is 22.8. The fourth-order valence-electron chi connectivity index (χ4n) is 3.77. The highest BCUT2D eigenvalue weighted by Gasteiger charge is 2.36. The SMILES string of the molecule is CC(C)(O)c1cc2c(cc1NC(=O)c1cnn3cccnc13)CN(CC(F)C(C)(C)O)C2=O. The number of alkyl halides is 1. The molecule has 0 spiro atoms. The third-order valence-electron chi connectivity index (χ3n) is 5.70. The number of amides is 2. The Morgan fingerprint density at radius 1 is 1.27 bits per heavy atom. The van der Waals surface area contributed by atoms with Gasteiger partial charge in [0, 0.05) is 35.8 Å². The zero-order chi connectivity index (χ0) is 24.1. The van der Waals surface area contributed by atoms with Gasteiger partial charge in [-0.1, -0.05) is 0 Å². The fourth-order valence-corrected chi connectivity index (χ4v) is 3.77. The van der Waals surface area contributed by atoms with Crippen molar-refractivity contribution in [1.82, 2.24) is 19.5 Å². The summed E-state index contributed by atoms with van der Waals surface area (Å²) in [6.45, 7) is 5.64. The summed E-state index contributed by atoms with van der Waals surface area (Å²) < 4.78 is 15.9. The normalized spacial score (nSPS) is 15.1. The van der Waals surface area contributed by atoms with E-state index < -0.39 is 29.2 Å². The number of rotatable bonds is 6. The van der Waals surface area contributed by atoms with Crippen molar-refractivity contribution in [3.05, 3.63) is 59.0 Å². The number of nitrogens with zero attached hydrogens (tertiary/aromatic N) is 4. The minimum absolute atomic E-state index is 0.123. The number of hydrogen-bond acceptors (Lipinski definition) is 6. The summed E-state index contributed by atoms with van der Waals surface area (Å²) in [6, 6.07) is 4.84. The van der Waals surface area contributed by atoms with E-state index in [0.717, 1.165) is 0 Å². The smallest absolute Gasteiger partial charge is 0.261 e. The lowest BCUT2D eigenvalue weighted by Gasteiger charge is -2.26. The molecule has 1 aromatic carbocycles. The maximum absolute atomic E-state index is 14.4. The van der Waals surface area contributed by atoms with Crippen molar-refractivity contribution in [3.63, 3.8) is 0 Å².